The summed E-state index contributed by atoms with van der Waals surface area (Å²) < 4.78 is 5.20. The molecule has 0 aromatic heterocycles. The molecule has 0 bridgehead atoms. The molecule has 1 atom stereocenters. The number of hydrogen-bond donors (Lipinski definition) is 1. The maximum Gasteiger partial charge on any atom is 0.308 e. The minimum absolute atomic E-state index is 0.0665. The van der Waals surface area contributed by atoms with Crippen LogP contribution < -0.4 is 9.64 Å². The Labute approximate surface area is 120 Å². The molecule has 8 heteroatoms. The van der Waals surface area contributed by atoms with Crippen LogP contribution in [0.25, 0.3) is 0 Å². The summed E-state index contributed by atoms with van der Waals surface area (Å²) in [5.74, 6) is -2.04. The fourth-order valence-corrected chi connectivity index (χ4v) is 2.24. The molecule has 1 fully saturated rings. The number of carbonyl (C=O) groups is 2. The number of benzene rings is 1. The van der Waals surface area contributed by atoms with E-state index in [-0.39, 0.29) is 24.3 Å². The van der Waals surface area contributed by atoms with Gasteiger partial charge < -0.3 is 14.7 Å². The van der Waals surface area contributed by atoms with E-state index in [1.165, 1.54) is 18.2 Å². The molecule has 21 heavy (non-hydrogen) atoms. The fraction of sp³-hybridized carbons (Fsp3) is 0.385. The van der Waals surface area contributed by atoms with Gasteiger partial charge in [-0.1, -0.05) is 0 Å². The minimum Gasteiger partial charge on any atom is -0.494 e. The average Bonchev–Trinajstić information content (AvgIpc) is 2.81. The zero-order valence-corrected chi connectivity index (χ0v) is 11.3. The van der Waals surface area contributed by atoms with Gasteiger partial charge >= 0.3 is 5.97 Å². The molecule has 1 saturated heterocycles. The number of carboxylic acids is 1. The first kappa shape index (κ1) is 14.8. The van der Waals surface area contributed by atoms with Crippen LogP contribution in [-0.4, -0.2) is 35.1 Å². The van der Waals surface area contributed by atoms with Gasteiger partial charge in [0.1, 0.15) is 11.4 Å². The Balaban J connectivity index is 2.37. The second-order valence-corrected chi connectivity index (χ2v) is 4.58. The Hall–Kier alpha value is -2.64. The number of ether oxygens (including phenoxy) is 1. The topological polar surface area (TPSA) is 110 Å². The molecule has 8 nitrogen and oxygen atoms in total. The summed E-state index contributed by atoms with van der Waals surface area (Å²) in [4.78, 5) is 34.5. The molecule has 0 radical (unpaired) electrons. The molecule has 1 N–H and O–H groups in total. The number of carbonyl (C=O) groups excluding carboxylic acids is 1. The van der Waals surface area contributed by atoms with Gasteiger partial charge in [-0.2, -0.15) is 0 Å². The maximum absolute atomic E-state index is 11.9. The molecular weight excluding hydrogens is 280 g/mol. The lowest BCUT2D eigenvalue weighted by atomic mass is 10.1. The first-order valence-corrected chi connectivity index (χ1v) is 6.38. The third kappa shape index (κ3) is 2.93. The van der Waals surface area contributed by atoms with Crippen LogP contribution in [0.3, 0.4) is 0 Å². The van der Waals surface area contributed by atoms with E-state index in [0.717, 1.165) is 4.90 Å². The van der Waals surface area contributed by atoms with Gasteiger partial charge in [0, 0.05) is 13.0 Å². The molecule has 1 aliphatic heterocycles. The van der Waals surface area contributed by atoms with E-state index < -0.39 is 22.7 Å². The second kappa shape index (κ2) is 5.78. The zero-order valence-electron chi connectivity index (χ0n) is 11.3. The summed E-state index contributed by atoms with van der Waals surface area (Å²) in [6, 6.07) is 4.17. The van der Waals surface area contributed by atoms with E-state index in [2.05, 4.69) is 0 Å². The number of rotatable bonds is 5. The highest BCUT2D eigenvalue weighted by atomic mass is 16.6. The smallest absolute Gasteiger partial charge is 0.308 e. The quantitative estimate of drug-likeness (QED) is 0.649. The van der Waals surface area contributed by atoms with E-state index in [0.29, 0.717) is 12.4 Å². The number of nitro benzene ring substituents is 1. The molecule has 1 heterocycles. The van der Waals surface area contributed by atoms with Gasteiger partial charge in [-0.3, -0.25) is 19.7 Å². The largest absolute Gasteiger partial charge is 0.494 e. The molecule has 0 aliphatic carbocycles. The van der Waals surface area contributed by atoms with E-state index in [1.54, 1.807) is 6.92 Å². The van der Waals surface area contributed by atoms with E-state index in [4.69, 9.17) is 9.84 Å². The predicted octanol–water partition coefficient (Wildman–Crippen LogP) is 1.43. The van der Waals surface area contributed by atoms with Crippen molar-refractivity contribution in [2.75, 3.05) is 18.1 Å². The van der Waals surface area contributed by atoms with Crippen molar-refractivity contribution in [3.63, 3.8) is 0 Å². The number of nitrogens with zero attached hydrogens (tertiary/aromatic N) is 2. The van der Waals surface area contributed by atoms with Crippen LogP contribution in [0.5, 0.6) is 5.75 Å². The first-order chi connectivity index (χ1) is 9.93. The Morgan fingerprint density at radius 3 is 2.81 bits per heavy atom. The van der Waals surface area contributed by atoms with Gasteiger partial charge in [-0.25, -0.2) is 0 Å². The molecule has 1 amide bonds. The molecule has 1 aromatic carbocycles. The number of aliphatic carboxylic acids is 1. The number of amides is 1. The Morgan fingerprint density at radius 2 is 2.29 bits per heavy atom. The SMILES string of the molecule is CCOc1ccc(N2CC(C(=O)O)CC2=O)c([N+](=O)[O-])c1. The second-order valence-electron chi connectivity index (χ2n) is 4.58. The molecular formula is C13H14N2O6. The van der Waals surface area contributed by atoms with E-state index in [9.17, 15) is 19.7 Å². The monoisotopic (exact) mass is 294 g/mol. The van der Waals surface area contributed by atoms with Crippen LogP contribution in [0.4, 0.5) is 11.4 Å². The highest BCUT2D eigenvalue weighted by Crippen LogP contribution is 2.35. The van der Waals surface area contributed by atoms with Gasteiger partial charge in [0.15, 0.2) is 0 Å². The summed E-state index contributed by atoms with van der Waals surface area (Å²) in [5.41, 5.74) is -0.183. The zero-order chi connectivity index (χ0) is 15.6. The van der Waals surface area contributed by atoms with E-state index in [1.807, 2.05) is 0 Å². The van der Waals surface area contributed by atoms with Crippen molar-refractivity contribution in [3.8, 4) is 5.75 Å². The van der Waals surface area contributed by atoms with Crippen molar-refractivity contribution in [2.45, 2.75) is 13.3 Å². The number of anilines is 1. The lowest BCUT2D eigenvalue weighted by Crippen LogP contribution is -2.26. The van der Waals surface area contributed by atoms with Crippen molar-refractivity contribution in [2.24, 2.45) is 5.92 Å². The Morgan fingerprint density at radius 1 is 1.57 bits per heavy atom. The molecule has 112 valence electrons. The van der Waals surface area contributed by atoms with Crippen LogP contribution in [0.15, 0.2) is 18.2 Å². The molecule has 0 spiro atoms. The standard InChI is InChI=1S/C13H14N2O6/c1-2-21-9-3-4-10(11(6-9)15(19)20)14-7-8(13(17)18)5-12(14)16/h3-4,6,8H,2,5,7H2,1H3,(H,17,18). The maximum atomic E-state index is 11.9. The van der Waals surface area contributed by atoms with Gasteiger partial charge in [0.25, 0.3) is 5.69 Å². The molecule has 1 aliphatic rings. The number of carboxylic acid groups (broad SMARTS) is 1. The third-order valence-corrected chi connectivity index (χ3v) is 3.22. The molecule has 2 rings (SSSR count). The predicted molar refractivity (Wildman–Crippen MR) is 72.4 cm³/mol. The highest BCUT2D eigenvalue weighted by molar-refractivity contribution is 6.00. The first-order valence-electron chi connectivity index (χ1n) is 6.38. The van der Waals surface area contributed by atoms with Crippen LogP contribution >= 0.6 is 0 Å². The minimum atomic E-state index is -1.08. The summed E-state index contributed by atoms with van der Waals surface area (Å²) in [6.45, 7) is 2.05. The third-order valence-electron chi connectivity index (χ3n) is 3.22. The Bertz CT molecular complexity index is 600. The molecule has 1 unspecified atom stereocenters. The van der Waals surface area contributed by atoms with Gasteiger partial charge in [0.2, 0.25) is 5.91 Å². The molecule has 1 aromatic rings. The van der Waals surface area contributed by atoms with Crippen LogP contribution in [0.2, 0.25) is 0 Å². The van der Waals surface area contributed by atoms with Crippen LogP contribution in [-0.2, 0) is 9.59 Å². The fourth-order valence-electron chi connectivity index (χ4n) is 2.24. The summed E-state index contributed by atoms with van der Waals surface area (Å²) in [6.07, 6.45) is -0.153. The number of hydrogen-bond acceptors (Lipinski definition) is 5. The van der Waals surface area contributed by atoms with Crippen LogP contribution in [0, 0.1) is 16.0 Å². The van der Waals surface area contributed by atoms with E-state index >= 15 is 0 Å². The van der Waals surface area contributed by atoms with Crippen molar-refractivity contribution in [3.05, 3.63) is 28.3 Å². The lowest BCUT2D eigenvalue weighted by molar-refractivity contribution is -0.384. The van der Waals surface area contributed by atoms with Gasteiger partial charge in [0.05, 0.1) is 23.5 Å². The average molecular weight is 294 g/mol. The summed E-state index contributed by atoms with van der Waals surface area (Å²) in [5, 5.41) is 20.1. The van der Waals surface area contributed by atoms with Crippen molar-refractivity contribution >= 4 is 23.3 Å². The van der Waals surface area contributed by atoms with Crippen molar-refractivity contribution in [1.82, 2.24) is 0 Å². The summed E-state index contributed by atoms with van der Waals surface area (Å²) >= 11 is 0. The normalized spacial score (nSPS) is 17.9. The number of nitro groups is 1. The van der Waals surface area contributed by atoms with Crippen molar-refractivity contribution < 1.29 is 24.4 Å². The van der Waals surface area contributed by atoms with Gasteiger partial charge in [-0.05, 0) is 19.1 Å². The Kier molecular flexibility index (Phi) is 4.06. The molecule has 0 saturated carbocycles. The summed E-state index contributed by atoms with van der Waals surface area (Å²) in [7, 11) is 0. The lowest BCUT2D eigenvalue weighted by Gasteiger charge is -2.16. The van der Waals surface area contributed by atoms with Crippen molar-refractivity contribution in [1.29, 1.82) is 0 Å². The van der Waals surface area contributed by atoms with Crippen LogP contribution in [0.1, 0.15) is 13.3 Å². The highest BCUT2D eigenvalue weighted by Gasteiger charge is 2.37. The van der Waals surface area contributed by atoms with Gasteiger partial charge in [-0.15, -0.1) is 0 Å².